The van der Waals surface area contributed by atoms with Crippen molar-refractivity contribution < 1.29 is 4.79 Å². The molecule has 0 amide bonds. The quantitative estimate of drug-likeness (QED) is 0.654. The lowest BCUT2D eigenvalue weighted by molar-refractivity contribution is -0.116. The number of carbonyl (C=O) groups excluding carboxylic acids is 1. The molecule has 0 unspecified atom stereocenters. The summed E-state index contributed by atoms with van der Waals surface area (Å²) >= 11 is 0. The van der Waals surface area contributed by atoms with Gasteiger partial charge in [-0.05, 0) is 37.7 Å². The zero-order chi connectivity index (χ0) is 10.7. The van der Waals surface area contributed by atoms with Crippen LogP contribution in [0.1, 0.15) is 40.5 Å². The molecule has 0 N–H and O–H groups in total. The van der Waals surface area contributed by atoms with Crippen LogP contribution in [-0.2, 0) is 4.79 Å². The molecule has 1 aliphatic rings. The Kier molecular flexibility index (Phi) is 3.68. The van der Waals surface area contributed by atoms with Crippen LogP contribution in [0.4, 0.5) is 0 Å². The maximum Gasteiger partial charge on any atom is 0.133 e. The van der Waals surface area contributed by atoms with Crippen molar-refractivity contribution in [3.63, 3.8) is 0 Å². The molecule has 0 saturated carbocycles. The summed E-state index contributed by atoms with van der Waals surface area (Å²) in [4.78, 5) is 10.9. The summed E-state index contributed by atoms with van der Waals surface area (Å²) in [6, 6.07) is 0. The predicted octanol–water partition coefficient (Wildman–Crippen LogP) is 3.51. The normalized spacial score (nSPS) is 30.3. The van der Waals surface area contributed by atoms with Gasteiger partial charge in [-0.1, -0.05) is 31.6 Å². The molecule has 0 bridgehead atoms. The predicted molar refractivity (Wildman–Crippen MR) is 60.1 cm³/mol. The van der Waals surface area contributed by atoms with Crippen molar-refractivity contribution in [2.75, 3.05) is 0 Å². The van der Waals surface area contributed by atoms with E-state index in [1.54, 1.807) is 6.92 Å². The SMILES string of the molecule is CC(=O)C/C=C1/C(C)=CC[C@@H](C)[C@H]1C. The third-order valence-electron chi connectivity index (χ3n) is 3.20. The van der Waals surface area contributed by atoms with Gasteiger partial charge < -0.3 is 0 Å². The molecule has 1 nitrogen and oxygen atoms in total. The maximum atomic E-state index is 10.9. The zero-order valence-corrected chi connectivity index (χ0v) is 9.63. The molecule has 0 heterocycles. The Morgan fingerprint density at radius 1 is 1.57 bits per heavy atom. The van der Waals surface area contributed by atoms with E-state index >= 15 is 0 Å². The number of carbonyl (C=O) groups is 1. The Bertz CT molecular complexity index is 284. The van der Waals surface area contributed by atoms with E-state index in [1.165, 1.54) is 17.6 Å². The van der Waals surface area contributed by atoms with Crippen molar-refractivity contribution in [2.45, 2.75) is 40.5 Å². The Balaban J connectivity index is 2.83. The van der Waals surface area contributed by atoms with Crippen LogP contribution in [0, 0.1) is 11.8 Å². The summed E-state index contributed by atoms with van der Waals surface area (Å²) in [5.74, 6) is 1.55. The average molecular weight is 192 g/mol. The van der Waals surface area contributed by atoms with E-state index in [1.807, 2.05) is 0 Å². The Hall–Kier alpha value is -0.850. The molecule has 0 aromatic heterocycles. The van der Waals surface area contributed by atoms with Gasteiger partial charge in [-0.15, -0.1) is 0 Å². The summed E-state index contributed by atoms with van der Waals surface area (Å²) in [6.07, 6.45) is 6.15. The van der Waals surface area contributed by atoms with Crippen molar-refractivity contribution in [3.05, 3.63) is 23.3 Å². The standard InChI is InChI=1S/C13H20O/c1-9-5-6-10(2)13(12(9)4)8-7-11(3)14/h6,8-9,12H,5,7H2,1-4H3/b13-8-/t9-,12-/m1/s1. The van der Waals surface area contributed by atoms with Crippen LogP contribution in [0.5, 0.6) is 0 Å². The highest BCUT2D eigenvalue weighted by molar-refractivity contribution is 5.77. The van der Waals surface area contributed by atoms with Crippen molar-refractivity contribution >= 4 is 5.78 Å². The highest BCUT2D eigenvalue weighted by Crippen LogP contribution is 2.33. The fourth-order valence-corrected chi connectivity index (χ4v) is 1.95. The van der Waals surface area contributed by atoms with Gasteiger partial charge in [0.2, 0.25) is 0 Å². The van der Waals surface area contributed by atoms with Crippen LogP contribution < -0.4 is 0 Å². The second kappa shape index (κ2) is 4.59. The van der Waals surface area contributed by atoms with Crippen molar-refractivity contribution in [2.24, 2.45) is 11.8 Å². The molecule has 0 radical (unpaired) electrons. The van der Waals surface area contributed by atoms with Crippen LogP contribution in [-0.4, -0.2) is 5.78 Å². The van der Waals surface area contributed by atoms with Gasteiger partial charge in [-0.25, -0.2) is 0 Å². The first kappa shape index (κ1) is 11.2. The lowest BCUT2D eigenvalue weighted by Crippen LogP contribution is -2.15. The van der Waals surface area contributed by atoms with E-state index < -0.39 is 0 Å². The van der Waals surface area contributed by atoms with Gasteiger partial charge >= 0.3 is 0 Å². The van der Waals surface area contributed by atoms with Gasteiger partial charge in [-0.3, -0.25) is 4.79 Å². The molecule has 0 fully saturated rings. The van der Waals surface area contributed by atoms with Crippen molar-refractivity contribution in [1.82, 2.24) is 0 Å². The molecule has 1 rings (SSSR count). The number of Topliss-reactive ketones (excluding diaryl/α,β-unsaturated/α-hetero) is 1. The van der Waals surface area contributed by atoms with Gasteiger partial charge in [0.15, 0.2) is 0 Å². The summed E-state index contributed by atoms with van der Waals surface area (Å²) in [7, 11) is 0. The fraction of sp³-hybridized carbons (Fsp3) is 0.615. The zero-order valence-electron chi connectivity index (χ0n) is 9.63. The Morgan fingerprint density at radius 3 is 2.79 bits per heavy atom. The first-order valence-corrected chi connectivity index (χ1v) is 5.39. The molecule has 14 heavy (non-hydrogen) atoms. The van der Waals surface area contributed by atoms with Gasteiger partial charge in [-0.2, -0.15) is 0 Å². The average Bonchev–Trinajstić information content (AvgIpc) is 2.11. The van der Waals surface area contributed by atoms with E-state index in [-0.39, 0.29) is 5.78 Å². The summed E-state index contributed by atoms with van der Waals surface area (Å²) in [5.41, 5.74) is 2.73. The lowest BCUT2D eigenvalue weighted by Gasteiger charge is -2.27. The molecule has 0 spiro atoms. The monoisotopic (exact) mass is 192 g/mol. The summed E-state index contributed by atoms with van der Waals surface area (Å²) in [5, 5.41) is 0. The molecule has 78 valence electrons. The second-order valence-corrected chi connectivity index (χ2v) is 4.45. The fourth-order valence-electron chi connectivity index (χ4n) is 1.95. The topological polar surface area (TPSA) is 17.1 Å². The molecule has 1 aliphatic carbocycles. The molecule has 0 aromatic carbocycles. The molecule has 1 heteroatoms. The number of allylic oxidation sites excluding steroid dienone is 4. The summed E-state index contributed by atoms with van der Waals surface area (Å²) < 4.78 is 0. The van der Waals surface area contributed by atoms with Gasteiger partial charge in [0.25, 0.3) is 0 Å². The smallest absolute Gasteiger partial charge is 0.133 e. The van der Waals surface area contributed by atoms with E-state index in [0.29, 0.717) is 18.3 Å². The van der Waals surface area contributed by atoms with Gasteiger partial charge in [0.05, 0.1) is 0 Å². The van der Waals surface area contributed by atoms with Crippen LogP contribution in [0.2, 0.25) is 0 Å². The Morgan fingerprint density at radius 2 is 2.21 bits per heavy atom. The van der Waals surface area contributed by atoms with Crippen LogP contribution in [0.25, 0.3) is 0 Å². The largest absolute Gasteiger partial charge is 0.300 e. The third kappa shape index (κ3) is 2.57. The number of ketones is 1. The molecule has 0 aromatic rings. The molecular formula is C13H20O. The van der Waals surface area contributed by atoms with Gasteiger partial charge in [0.1, 0.15) is 5.78 Å². The first-order valence-electron chi connectivity index (χ1n) is 5.39. The highest BCUT2D eigenvalue weighted by Gasteiger charge is 2.20. The minimum atomic E-state index is 0.246. The lowest BCUT2D eigenvalue weighted by atomic mass is 9.78. The van der Waals surface area contributed by atoms with Crippen LogP contribution in [0.3, 0.4) is 0 Å². The van der Waals surface area contributed by atoms with Crippen LogP contribution in [0.15, 0.2) is 23.3 Å². The number of hydrogen-bond acceptors (Lipinski definition) is 1. The molecular weight excluding hydrogens is 172 g/mol. The highest BCUT2D eigenvalue weighted by atomic mass is 16.1. The molecule has 0 aliphatic heterocycles. The van der Waals surface area contributed by atoms with Crippen molar-refractivity contribution in [3.8, 4) is 0 Å². The van der Waals surface area contributed by atoms with Gasteiger partial charge in [0, 0.05) is 6.42 Å². The maximum absolute atomic E-state index is 10.9. The third-order valence-corrected chi connectivity index (χ3v) is 3.20. The van der Waals surface area contributed by atoms with E-state index in [0.717, 1.165) is 0 Å². The minimum absolute atomic E-state index is 0.246. The van der Waals surface area contributed by atoms with Crippen LogP contribution >= 0.6 is 0 Å². The summed E-state index contributed by atoms with van der Waals surface area (Å²) in [6.45, 7) is 8.32. The number of rotatable bonds is 2. The number of hydrogen-bond donors (Lipinski definition) is 0. The first-order chi connectivity index (χ1) is 6.52. The van der Waals surface area contributed by atoms with Crippen molar-refractivity contribution in [1.29, 1.82) is 0 Å². The minimum Gasteiger partial charge on any atom is -0.300 e. The molecule has 2 atom stereocenters. The molecule has 0 saturated heterocycles. The van der Waals surface area contributed by atoms with E-state index in [9.17, 15) is 4.79 Å². The van der Waals surface area contributed by atoms with E-state index in [2.05, 4.69) is 32.9 Å². The Labute approximate surface area is 86.9 Å². The second-order valence-electron chi connectivity index (χ2n) is 4.45. The van der Waals surface area contributed by atoms with E-state index in [4.69, 9.17) is 0 Å².